The highest BCUT2D eigenvalue weighted by Gasteiger charge is 2.32. The lowest BCUT2D eigenvalue weighted by Crippen LogP contribution is -2.29. The van der Waals surface area contributed by atoms with Crippen molar-refractivity contribution in [1.29, 1.82) is 0 Å². The van der Waals surface area contributed by atoms with Crippen LogP contribution < -0.4 is 10.1 Å². The predicted octanol–water partition coefficient (Wildman–Crippen LogP) is 6.46. The van der Waals surface area contributed by atoms with Crippen LogP contribution in [-0.2, 0) is 4.74 Å². The van der Waals surface area contributed by atoms with Crippen molar-refractivity contribution >= 4 is 40.1 Å². The molecule has 190 valence electrons. The van der Waals surface area contributed by atoms with Gasteiger partial charge in [-0.2, -0.15) is 11.8 Å². The van der Waals surface area contributed by atoms with E-state index in [9.17, 15) is 4.79 Å². The quantitative estimate of drug-likeness (QED) is 0.331. The van der Waals surface area contributed by atoms with Crippen molar-refractivity contribution < 1.29 is 14.3 Å². The van der Waals surface area contributed by atoms with Crippen LogP contribution >= 0.6 is 11.8 Å². The Morgan fingerprint density at radius 1 is 1.14 bits per heavy atom. The molecule has 4 heterocycles. The summed E-state index contributed by atoms with van der Waals surface area (Å²) in [5, 5.41) is 5.94. The molecule has 0 radical (unpaired) electrons. The Labute approximate surface area is 216 Å². The average Bonchev–Trinajstić information content (AvgIpc) is 3.72. The molecule has 0 amide bonds. The van der Waals surface area contributed by atoms with Crippen LogP contribution in [0.4, 0.5) is 11.6 Å². The molecule has 1 aliphatic heterocycles. The molecule has 36 heavy (non-hydrogen) atoms. The number of nitrogens with one attached hydrogen (secondary N) is 1. The van der Waals surface area contributed by atoms with Crippen LogP contribution in [0.2, 0.25) is 0 Å². The van der Waals surface area contributed by atoms with E-state index >= 15 is 0 Å². The molecule has 0 bridgehead atoms. The van der Waals surface area contributed by atoms with Crippen molar-refractivity contribution in [1.82, 2.24) is 15.0 Å². The molecular formula is C28H34N4O3S. The number of cyclic esters (lactones) is 1. The Morgan fingerprint density at radius 3 is 2.69 bits per heavy atom. The first kappa shape index (κ1) is 24.8. The second-order valence-corrected chi connectivity index (χ2v) is 11.4. The van der Waals surface area contributed by atoms with Crippen LogP contribution in [0.5, 0.6) is 5.88 Å². The minimum Gasteiger partial charge on any atom is -0.477 e. The van der Waals surface area contributed by atoms with E-state index in [-0.39, 0.29) is 18.0 Å². The molecule has 3 aromatic rings. The number of ether oxygens (including phenoxy) is 2. The van der Waals surface area contributed by atoms with Gasteiger partial charge in [-0.05, 0) is 73.4 Å². The number of pyridine rings is 3. The number of anilines is 2. The van der Waals surface area contributed by atoms with E-state index in [1.807, 2.05) is 38.0 Å². The monoisotopic (exact) mass is 506 g/mol. The van der Waals surface area contributed by atoms with Crippen LogP contribution in [0.1, 0.15) is 80.4 Å². The van der Waals surface area contributed by atoms with Gasteiger partial charge < -0.3 is 14.8 Å². The van der Waals surface area contributed by atoms with Crippen molar-refractivity contribution in [2.75, 3.05) is 18.2 Å². The van der Waals surface area contributed by atoms with Crippen molar-refractivity contribution in [2.24, 2.45) is 5.92 Å². The number of hydrogen-bond acceptors (Lipinski definition) is 8. The SMILES string of the molecule is CSC(C)CCOc1ncc(C(C)C2CC2)c2cc(Nc3ccc4c(n3)C(C)[C@H](C)OC4=O)ncc12. The average molecular weight is 507 g/mol. The number of nitrogens with zero attached hydrogens (tertiary/aromatic N) is 3. The smallest absolute Gasteiger partial charge is 0.340 e. The molecule has 3 unspecified atom stereocenters. The molecule has 5 rings (SSSR count). The maximum atomic E-state index is 12.3. The Kier molecular flexibility index (Phi) is 7.06. The predicted molar refractivity (Wildman–Crippen MR) is 145 cm³/mol. The zero-order valence-corrected chi connectivity index (χ0v) is 22.4. The summed E-state index contributed by atoms with van der Waals surface area (Å²) >= 11 is 1.84. The molecule has 7 nitrogen and oxygen atoms in total. The van der Waals surface area contributed by atoms with E-state index < -0.39 is 0 Å². The normalized spacial score (nSPS) is 21.0. The molecule has 0 aromatic carbocycles. The fourth-order valence-electron chi connectivity index (χ4n) is 4.72. The number of carbonyl (C=O) groups excluding carboxylic acids is 1. The summed E-state index contributed by atoms with van der Waals surface area (Å²) in [5.41, 5.74) is 2.51. The summed E-state index contributed by atoms with van der Waals surface area (Å²) < 4.78 is 11.5. The van der Waals surface area contributed by atoms with Crippen LogP contribution in [0.25, 0.3) is 10.8 Å². The number of carbonyl (C=O) groups is 1. The Bertz CT molecular complexity index is 1280. The lowest BCUT2D eigenvalue weighted by atomic mass is 9.93. The van der Waals surface area contributed by atoms with Gasteiger partial charge in [0.2, 0.25) is 5.88 Å². The van der Waals surface area contributed by atoms with E-state index in [4.69, 9.17) is 19.4 Å². The molecule has 4 atom stereocenters. The van der Waals surface area contributed by atoms with Gasteiger partial charge in [0.25, 0.3) is 0 Å². The van der Waals surface area contributed by atoms with Gasteiger partial charge in [-0.15, -0.1) is 0 Å². The lowest BCUT2D eigenvalue weighted by molar-refractivity contribution is 0.0235. The molecule has 8 heteroatoms. The topological polar surface area (TPSA) is 86.2 Å². The van der Waals surface area contributed by atoms with Crippen LogP contribution in [0.3, 0.4) is 0 Å². The molecule has 1 aliphatic carbocycles. The summed E-state index contributed by atoms with van der Waals surface area (Å²) in [5.74, 6) is 2.83. The summed E-state index contributed by atoms with van der Waals surface area (Å²) in [6.07, 6.45) is 9.24. The second-order valence-electron chi connectivity index (χ2n) is 10.1. The molecule has 2 aliphatic rings. The summed E-state index contributed by atoms with van der Waals surface area (Å²) in [6, 6.07) is 5.66. The number of rotatable bonds is 9. The molecule has 0 saturated heterocycles. The molecule has 1 saturated carbocycles. The fraction of sp³-hybridized carbons (Fsp3) is 0.500. The highest BCUT2D eigenvalue weighted by atomic mass is 32.2. The third kappa shape index (κ3) is 5.01. The highest BCUT2D eigenvalue weighted by Crippen LogP contribution is 2.45. The third-order valence-corrected chi connectivity index (χ3v) is 8.62. The zero-order valence-electron chi connectivity index (χ0n) is 21.6. The first-order chi connectivity index (χ1) is 17.4. The Morgan fingerprint density at radius 2 is 1.94 bits per heavy atom. The van der Waals surface area contributed by atoms with E-state index in [1.165, 1.54) is 18.4 Å². The summed E-state index contributed by atoms with van der Waals surface area (Å²) in [7, 11) is 0. The largest absolute Gasteiger partial charge is 0.477 e. The van der Waals surface area contributed by atoms with Gasteiger partial charge in [0, 0.05) is 23.6 Å². The molecule has 3 aromatic heterocycles. The maximum absolute atomic E-state index is 12.3. The Balaban J connectivity index is 1.46. The minimum atomic E-state index is -0.316. The lowest BCUT2D eigenvalue weighted by Gasteiger charge is -2.27. The summed E-state index contributed by atoms with van der Waals surface area (Å²) in [6.45, 7) is 9.05. The second kappa shape index (κ2) is 10.2. The number of thioether (sulfide) groups is 1. The van der Waals surface area contributed by atoms with Crippen molar-refractivity contribution in [2.45, 2.75) is 70.1 Å². The van der Waals surface area contributed by atoms with E-state index in [0.717, 1.165) is 22.9 Å². The first-order valence-electron chi connectivity index (χ1n) is 12.8. The minimum absolute atomic E-state index is 0.0228. The standard InChI is InChI=1S/C28H34N4O3S/c1-15(36-5)10-11-34-27-23-14-29-25(12-21(23)22(13-30-27)17(3)19-6-7-19)31-24-9-8-20-26(32-24)16(2)18(4)35-28(20)33/h8-9,12-19H,6-7,10-11H2,1-5H3,(H,29,31,32)/t15?,16?,17?,18-/m0/s1. The van der Waals surface area contributed by atoms with Crippen molar-refractivity contribution in [3.8, 4) is 5.88 Å². The number of fused-ring (bicyclic) bond motifs is 2. The number of aromatic nitrogens is 3. The molecule has 1 N–H and O–H groups in total. The maximum Gasteiger partial charge on any atom is 0.340 e. The van der Waals surface area contributed by atoms with E-state index in [2.05, 4.69) is 36.5 Å². The van der Waals surface area contributed by atoms with Crippen LogP contribution in [0, 0.1) is 5.92 Å². The van der Waals surface area contributed by atoms with Crippen molar-refractivity contribution in [3.05, 3.63) is 47.4 Å². The summed E-state index contributed by atoms with van der Waals surface area (Å²) in [4.78, 5) is 26.4. The van der Waals surface area contributed by atoms with Gasteiger partial charge in [-0.3, -0.25) is 0 Å². The van der Waals surface area contributed by atoms with Gasteiger partial charge in [0.05, 0.1) is 23.3 Å². The molecule has 0 spiro atoms. The fourth-order valence-corrected chi connectivity index (χ4v) is 5.05. The van der Waals surface area contributed by atoms with Gasteiger partial charge >= 0.3 is 5.97 Å². The number of hydrogen-bond donors (Lipinski definition) is 1. The molecular weight excluding hydrogens is 472 g/mol. The van der Waals surface area contributed by atoms with Crippen LogP contribution in [-0.4, -0.2) is 45.1 Å². The Hall–Kier alpha value is -2.87. The zero-order chi connectivity index (χ0) is 25.4. The first-order valence-corrected chi connectivity index (χ1v) is 14.1. The highest BCUT2D eigenvalue weighted by molar-refractivity contribution is 7.99. The molecule has 1 fully saturated rings. The van der Waals surface area contributed by atoms with Crippen molar-refractivity contribution in [3.63, 3.8) is 0 Å². The van der Waals surface area contributed by atoms with Gasteiger partial charge in [0.1, 0.15) is 17.7 Å². The third-order valence-electron chi connectivity index (χ3n) is 7.58. The number of esters is 1. The van der Waals surface area contributed by atoms with E-state index in [1.54, 1.807) is 12.1 Å². The van der Waals surface area contributed by atoms with Gasteiger partial charge in [0.15, 0.2) is 0 Å². The van der Waals surface area contributed by atoms with Crippen LogP contribution in [0.15, 0.2) is 30.6 Å². The van der Waals surface area contributed by atoms with E-state index in [0.29, 0.717) is 46.8 Å². The van der Waals surface area contributed by atoms with Gasteiger partial charge in [-0.1, -0.05) is 20.8 Å². The van der Waals surface area contributed by atoms with Gasteiger partial charge in [-0.25, -0.2) is 19.7 Å².